The summed E-state index contributed by atoms with van der Waals surface area (Å²) < 4.78 is 7.82. The summed E-state index contributed by atoms with van der Waals surface area (Å²) in [6, 6.07) is 10.1. The van der Waals surface area contributed by atoms with Crippen LogP contribution in [0.1, 0.15) is 59.5 Å². The third kappa shape index (κ3) is 3.43. The summed E-state index contributed by atoms with van der Waals surface area (Å²) in [6.07, 6.45) is 7.80. The molecule has 0 saturated heterocycles. The number of benzene rings is 1. The Morgan fingerprint density at radius 1 is 1.23 bits per heavy atom. The van der Waals surface area contributed by atoms with Crippen molar-refractivity contribution >= 4 is 23.1 Å². The molecule has 0 saturated carbocycles. The number of amides is 2. The van der Waals surface area contributed by atoms with Gasteiger partial charge in [0.05, 0.1) is 25.4 Å². The Bertz CT molecular complexity index is 1130. The summed E-state index contributed by atoms with van der Waals surface area (Å²) >= 11 is 1.92. The number of carbonyl (C=O) groups excluding carboxylic acids is 1. The number of fused-ring (bicyclic) bond motifs is 5. The first-order chi connectivity index (χ1) is 15.1. The summed E-state index contributed by atoms with van der Waals surface area (Å²) in [6.45, 7) is 4.82. The fraction of sp³-hybridized carbons (Fsp3) is 0.400. The maximum atomic E-state index is 13.7. The number of methoxy groups -OCH3 is 1. The Kier molecular flexibility index (Phi) is 5.26. The molecule has 1 atom stereocenters. The molecule has 1 aliphatic carbocycles. The van der Waals surface area contributed by atoms with Gasteiger partial charge in [0.15, 0.2) is 0 Å². The van der Waals surface area contributed by atoms with E-state index in [1.807, 2.05) is 41.4 Å². The predicted octanol–water partition coefficient (Wildman–Crippen LogP) is 6.23. The minimum atomic E-state index is -0.0768. The van der Waals surface area contributed by atoms with Gasteiger partial charge in [0, 0.05) is 22.3 Å². The van der Waals surface area contributed by atoms with Crippen LogP contribution < -0.4 is 10.1 Å². The van der Waals surface area contributed by atoms with Gasteiger partial charge in [0.25, 0.3) is 0 Å². The molecule has 31 heavy (non-hydrogen) atoms. The van der Waals surface area contributed by atoms with E-state index in [-0.39, 0.29) is 12.1 Å². The SMILES string of the molecule is CC[C@H]1c2cccn2-c2sc3c(c2CN1C(=O)Nc1cc(C)ccc1OC)CCCC3. The van der Waals surface area contributed by atoms with Gasteiger partial charge >= 0.3 is 6.03 Å². The number of nitrogens with one attached hydrogen (secondary N) is 1. The summed E-state index contributed by atoms with van der Waals surface area (Å²) in [5, 5.41) is 4.45. The maximum absolute atomic E-state index is 13.7. The van der Waals surface area contributed by atoms with E-state index in [2.05, 4.69) is 35.1 Å². The smallest absolute Gasteiger partial charge is 0.322 e. The largest absolute Gasteiger partial charge is 0.495 e. The topological polar surface area (TPSA) is 46.5 Å². The van der Waals surface area contributed by atoms with Gasteiger partial charge in [0.1, 0.15) is 10.8 Å². The van der Waals surface area contributed by atoms with Crippen molar-refractivity contribution in [2.45, 2.75) is 58.5 Å². The first kappa shape index (κ1) is 20.2. The second-order valence-electron chi connectivity index (χ2n) is 8.48. The Morgan fingerprint density at radius 3 is 2.87 bits per heavy atom. The minimum Gasteiger partial charge on any atom is -0.495 e. The van der Waals surface area contributed by atoms with E-state index in [1.165, 1.54) is 39.5 Å². The van der Waals surface area contributed by atoms with E-state index in [1.54, 1.807) is 7.11 Å². The normalized spacial score (nSPS) is 17.4. The van der Waals surface area contributed by atoms with E-state index in [0.717, 1.165) is 30.5 Å². The number of nitrogens with zero attached hydrogens (tertiary/aromatic N) is 2. The fourth-order valence-corrected chi connectivity index (χ4v) is 6.42. The second kappa shape index (κ2) is 8.08. The number of thiophene rings is 1. The first-order valence-corrected chi connectivity index (χ1v) is 12.0. The highest BCUT2D eigenvalue weighted by molar-refractivity contribution is 7.15. The zero-order valence-electron chi connectivity index (χ0n) is 18.4. The Balaban J connectivity index is 1.57. The monoisotopic (exact) mass is 435 g/mol. The van der Waals surface area contributed by atoms with Crippen LogP contribution in [0.15, 0.2) is 36.5 Å². The van der Waals surface area contributed by atoms with E-state index in [9.17, 15) is 4.79 Å². The van der Waals surface area contributed by atoms with E-state index in [4.69, 9.17) is 4.74 Å². The molecule has 0 radical (unpaired) electrons. The van der Waals surface area contributed by atoms with Crippen molar-refractivity contribution in [3.63, 3.8) is 0 Å². The van der Waals surface area contributed by atoms with Crippen LogP contribution in [0.25, 0.3) is 5.00 Å². The number of urea groups is 1. The highest BCUT2D eigenvalue weighted by Gasteiger charge is 2.34. The summed E-state index contributed by atoms with van der Waals surface area (Å²) in [5.41, 5.74) is 5.80. The van der Waals surface area contributed by atoms with Crippen LogP contribution in [0.4, 0.5) is 10.5 Å². The summed E-state index contributed by atoms with van der Waals surface area (Å²) in [7, 11) is 1.64. The lowest BCUT2D eigenvalue weighted by molar-refractivity contribution is 0.181. The zero-order chi connectivity index (χ0) is 21.5. The molecule has 3 heterocycles. The van der Waals surface area contributed by atoms with Gasteiger partial charge in [-0.1, -0.05) is 13.0 Å². The molecule has 0 spiro atoms. The lowest BCUT2D eigenvalue weighted by atomic mass is 9.95. The van der Waals surface area contributed by atoms with Crippen LogP contribution in [0.5, 0.6) is 5.75 Å². The Hall–Kier alpha value is -2.73. The van der Waals surface area contributed by atoms with Gasteiger partial charge < -0.3 is 19.5 Å². The molecule has 162 valence electrons. The van der Waals surface area contributed by atoms with Crippen molar-refractivity contribution in [1.82, 2.24) is 9.47 Å². The lowest BCUT2D eigenvalue weighted by Gasteiger charge is -2.30. The lowest BCUT2D eigenvalue weighted by Crippen LogP contribution is -2.37. The van der Waals surface area contributed by atoms with Gasteiger partial charge in [-0.3, -0.25) is 0 Å². The second-order valence-corrected chi connectivity index (χ2v) is 9.57. The first-order valence-electron chi connectivity index (χ1n) is 11.1. The molecule has 0 unspecified atom stereocenters. The van der Waals surface area contributed by atoms with Gasteiger partial charge in [-0.2, -0.15) is 0 Å². The van der Waals surface area contributed by atoms with Crippen LogP contribution >= 0.6 is 11.3 Å². The maximum Gasteiger partial charge on any atom is 0.322 e. The van der Waals surface area contributed by atoms with Gasteiger partial charge in [-0.25, -0.2) is 4.79 Å². The highest BCUT2D eigenvalue weighted by atomic mass is 32.1. The summed E-state index contributed by atoms with van der Waals surface area (Å²) in [5.74, 6) is 0.679. The number of carbonyl (C=O) groups is 1. The number of rotatable bonds is 3. The van der Waals surface area contributed by atoms with Crippen LogP contribution in [0.2, 0.25) is 0 Å². The molecule has 5 nitrogen and oxygen atoms in total. The van der Waals surface area contributed by atoms with E-state index >= 15 is 0 Å². The molecule has 2 aromatic heterocycles. The van der Waals surface area contributed by atoms with Crippen molar-refractivity contribution in [2.75, 3.05) is 12.4 Å². The van der Waals surface area contributed by atoms with Crippen LogP contribution in [0, 0.1) is 6.92 Å². The molecular formula is C25H29N3O2S. The van der Waals surface area contributed by atoms with Crippen molar-refractivity contribution in [1.29, 1.82) is 0 Å². The summed E-state index contributed by atoms with van der Waals surface area (Å²) in [4.78, 5) is 17.2. The third-order valence-electron chi connectivity index (χ3n) is 6.55. The van der Waals surface area contributed by atoms with Crippen molar-refractivity contribution in [3.8, 4) is 10.8 Å². The Labute approximate surface area is 187 Å². The average molecular weight is 436 g/mol. The third-order valence-corrected chi connectivity index (χ3v) is 7.88. The quantitative estimate of drug-likeness (QED) is 0.530. The molecule has 1 aromatic carbocycles. The molecule has 1 N–H and O–H groups in total. The molecule has 1 aliphatic heterocycles. The predicted molar refractivity (Wildman–Crippen MR) is 126 cm³/mol. The van der Waals surface area contributed by atoms with Crippen LogP contribution in [-0.2, 0) is 19.4 Å². The number of aryl methyl sites for hydroxylation is 2. The van der Waals surface area contributed by atoms with Gasteiger partial charge in [-0.05, 0) is 74.4 Å². The molecule has 5 rings (SSSR count). The standard InChI is InChI=1S/C25H29N3O2S/c1-4-20-21-9-7-13-27(21)24-18(17-8-5-6-10-23(17)31-24)15-28(20)25(29)26-19-14-16(2)11-12-22(19)30-3/h7,9,11-14,20H,4-6,8,10,15H2,1-3H3,(H,26,29)/t20-/m0/s1. The van der Waals surface area contributed by atoms with Crippen LogP contribution in [0.3, 0.4) is 0 Å². The molecule has 3 aromatic rings. The molecule has 2 aliphatic rings. The molecular weight excluding hydrogens is 406 g/mol. The number of hydrogen-bond donors (Lipinski definition) is 1. The van der Waals surface area contributed by atoms with Gasteiger partial charge in [-0.15, -0.1) is 11.3 Å². The van der Waals surface area contributed by atoms with E-state index in [0.29, 0.717) is 12.3 Å². The highest BCUT2D eigenvalue weighted by Crippen LogP contribution is 2.43. The molecule has 0 bridgehead atoms. The van der Waals surface area contributed by atoms with Crippen molar-refractivity contribution in [2.24, 2.45) is 0 Å². The zero-order valence-corrected chi connectivity index (χ0v) is 19.2. The average Bonchev–Trinajstić information content (AvgIpc) is 3.36. The number of anilines is 1. The number of aromatic nitrogens is 1. The van der Waals surface area contributed by atoms with E-state index < -0.39 is 0 Å². The number of hydrogen-bond acceptors (Lipinski definition) is 3. The molecule has 2 amide bonds. The van der Waals surface area contributed by atoms with Crippen molar-refractivity contribution in [3.05, 3.63) is 63.8 Å². The Morgan fingerprint density at radius 2 is 2.06 bits per heavy atom. The van der Waals surface area contributed by atoms with Crippen LogP contribution in [-0.4, -0.2) is 22.6 Å². The van der Waals surface area contributed by atoms with Gasteiger partial charge in [0.2, 0.25) is 0 Å². The fourth-order valence-electron chi connectivity index (χ4n) is 5.01. The molecule has 0 fully saturated rings. The number of ether oxygens (including phenoxy) is 1. The molecule has 6 heteroatoms. The minimum absolute atomic E-state index is 0.0182. The van der Waals surface area contributed by atoms with Crippen molar-refractivity contribution < 1.29 is 9.53 Å².